The van der Waals surface area contributed by atoms with E-state index in [1.165, 1.54) is 5.56 Å². The van der Waals surface area contributed by atoms with E-state index in [1.54, 1.807) is 19.1 Å². The highest BCUT2D eigenvalue weighted by Crippen LogP contribution is 2.34. The van der Waals surface area contributed by atoms with Gasteiger partial charge in [-0.2, -0.15) is 0 Å². The van der Waals surface area contributed by atoms with Gasteiger partial charge in [0, 0.05) is 31.0 Å². The van der Waals surface area contributed by atoms with Crippen LogP contribution < -0.4 is 0 Å². The van der Waals surface area contributed by atoms with Crippen molar-refractivity contribution in [3.63, 3.8) is 0 Å². The Morgan fingerprint density at radius 2 is 1.78 bits per heavy atom. The van der Waals surface area contributed by atoms with Crippen LogP contribution in [-0.2, 0) is 22.5 Å². The number of nitrogens with zero attached hydrogens (tertiary/aromatic N) is 1. The number of fused-ring (bicyclic) bond motifs is 2. The Morgan fingerprint density at radius 1 is 1.07 bits per heavy atom. The van der Waals surface area contributed by atoms with Crippen LogP contribution in [-0.4, -0.2) is 36.0 Å². The van der Waals surface area contributed by atoms with Gasteiger partial charge in [0.25, 0.3) is 0 Å². The third-order valence-corrected chi connectivity index (χ3v) is 5.97. The minimum atomic E-state index is -0.240. The number of rotatable bonds is 5. The second-order valence-electron chi connectivity index (χ2n) is 7.86. The molecule has 0 aliphatic carbocycles. The van der Waals surface area contributed by atoms with Crippen LogP contribution >= 0.6 is 0 Å². The summed E-state index contributed by atoms with van der Waals surface area (Å²) in [5.74, 6) is -0.0810. The lowest BCUT2D eigenvalue weighted by Crippen LogP contribution is -2.57. The first-order valence-corrected chi connectivity index (χ1v) is 9.76. The number of benzene rings is 2. The fraction of sp³-hybridized carbons (Fsp3) is 0.435. The Morgan fingerprint density at radius 3 is 2.48 bits per heavy atom. The molecule has 2 atom stereocenters. The molecule has 4 heteroatoms. The number of piperidine rings is 1. The van der Waals surface area contributed by atoms with Crippen LogP contribution in [0.4, 0.5) is 4.39 Å². The summed E-state index contributed by atoms with van der Waals surface area (Å²) < 4.78 is 20.1. The highest BCUT2D eigenvalue weighted by atomic mass is 19.1. The van der Waals surface area contributed by atoms with Crippen molar-refractivity contribution in [1.82, 2.24) is 4.90 Å². The predicted octanol–water partition coefficient (Wildman–Crippen LogP) is 3.93. The van der Waals surface area contributed by atoms with E-state index in [0.717, 1.165) is 19.4 Å². The van der Waals surface area contributed by atoms with Gasteiger partial charge >= 0.3 is 0 Å². The predicted molar refractivity (Wildman–Crippen MR) is 103 cm³/mol. The van der Waals surface area contributed by atoms with Crippen molar-refractivity contribution in [3.05, 3.63) is 71.0 Å². The second-order valence-corrected chi connectivity index (χ2v) is 7.86. The summed E-state index contributed by atoms with van der Waals surface area (Å²) in [5.41, 5.74) is 2.41. The molecule has 2 bridgehead atoms. The summed E-state index contributed by atoms with van der Waals surface area (Å²) >= 11 is 0. The number of halogens is 1. The smallest absolute Gasteiger partial charge is 0.140 e. The minimum absolute atomic E-state index is 0.00386. The molecule has 142 valence electrons. The molecule has 4 rings (SSSR count). The molecule has 2 aliphatic rings. The molecule has 27 heavy (non-hydrogen) atoms. The number of carbonyl (C=O) groups excluding carboxylic acids is 1. The second kappa shape index (κ2) is 7.91. The van der Waals surface area contributed by atoms with Gasteiger partial charge < -0.3 is 4.74 Å². The topological polar surface area (TPSA) is 29.5 Å². The van der Waals surface area contributed by atoms with Gasteiger partial charge in [0.1, 0.15) is 11.6 Å². The summed E-state index contributed by atoms with van der Waals surface area (Å²) in [7, 11) is 0. The van der Waals surface area contributed by atoms with Crippen LogP contribution in [0.1, 0.15) is 29.5 Å². The van der Waals surface area contributed by atoms with Crippen LogP contribution in [0, 0.1) is 18.7 Å². The van der Waals surface area contributed by atoms with Gasteiger partial charge in [0.15, 0.2) is 0 Å². The number of carbonyl (C=O) groups is 1. The van der Waals surface area contributed by atoms with Gasteiger partial charge in [-0.25, -0.2) is 4.39 Å². The molecule has 2 aromatic rings. The van der Waals surface area contributed by atoms with Crippen molar-refractivity contribution >= 4 is 5.78 Å². The molecule has 0 amide bonds. The molecule has 2 heterocycles. The SMILES string of the molecule is Cc1cccc(CC(=O)C2CC3COCC(C2)N3Cc2ccccc2)c1F. The van der Waals surface area contributed by atoms with Crippen LogP contribution in [0.3, 0.4) is 0 Å². The molecule has 2 aliphatic heterocycles. The van der Waals surface area contributed by atoms with E-state index in [-0.39, 0.29) is 36.0 Å². The maximum Gasteiger partial charge on any atom is 0.140 e. The van der Waals surface area contributed by atoms with Gasteiger partial charge in [0.2, 0.25) is 0 Å². The van der Waals surface area contributed by atoms with Crippen molar-refractivity contribution in [2.75, 3.05) is 13.2 Å². The normalized spacial score (nSPS) is 25.3. The molecule has 2 fully saturated rings. The first kappa shape index (κ1) is 18.3. The lowest BCUT2D eigenvalue weighted by atomic mass is 9.80. The van der Waals surface area contributed by atoms with E-state index < -0.39 is 0 Å². The zero-order chi connectivity index (χ0) is 18.8. The summed E-state index contributed by atoms with van der Waals surface area (Å²) in [4.78, 5) is 15.4. The monoisotopic (exact) mass is 367 g/mol. The van der Waals surface area contributed by atoms with Gasteiger partial charge in [-0.3, -0.25) is 9.69 Å². The van der Waals surface area contributed by atoms with Gasteiger partial charge in [-0.05, 0) is 36.5 Å². The Balaban J connectivity index is 1.45. The van der Waals surface area contributed by atoms with Crippen LogP contribution in [0.25, 0.3) is 0 Å². The number of ether oxygens (including phenoxy) is 1. The zero-order valence-corrected chi connectivity index (χ0v) is 15.7. The van der Waals surface area contributed by atoms with Crippen LogP contribution in [0.5, 0.6) is 0 Å². The van der Waals surface area contributed by atoms with Gasteiger partial charge in [0.05, 0.1) is 13.2 Å². The average molecular weight is 367 g/mol. The number of morpholine rings is 1. The van der Waals surface area contributed by atoms with E-state index in [9.17, 15) is 9.18 Å². The van der Waals surface area contributed by atoms with E-state index in [1.807, 2.05) is 12.1 Å². The third kappa shape index (κ3) is 3.97. The lowest BCUT2D eigenvalue weighted by molar-refractivity contribution is -0.133. The van der Waals surface area contributed by atoms with Crippen molar-refractivity contribution in [1.29, 1.82) is 0 Å². The van der Waals surface area contributed by atoms with E-state index in [0.29, 0.717) is 24.3 Å². The number of ketones is 1. The first-order valence-electron chi connectivity index (χ1n) is 9.76. The third-order valence-electron chi connectivity index (χ3n) is 5.97. The quantitative estimate of drug-likeness (QED) is 0.802. The molecule has 3 nitrogen and oxygen atoms in total. The first-order chi connectivity index (χ1) is 13.1. The Hall–Kier alpha value is -2.04. The summed E-state index contributed by atoms with van der Waals surface area (Å²) in [6.45, 7) is 3.98. The molecule has 0 saturated carbocycles. The molecular formula is C23H26FNO2. The van der Waals surface area contributed by atoms with E-state index in [4.69, 9.17) is 4.74 Å². The lowest BCUT2D eigenvalue weighted by Gasteiger charge is -2.48. The minimum Gasteiger partial charge on any atom is -0.378 e. The average Bonchev–Trinajstić information content (AvgIpc) is 2.66. The number of hydrogen-bond donors (Lipinski definition) is 0. The Bertz CT molecular complexity index is 793. The van der Waals surface area contributed by atoms with Crippen molar-refractivity contribution in [2.45, 2.75) is 44.8 Å². The molecule has 2 saturated heterocycles. The zero-order valence-electron chi connectivity index (χ0n) is 15.7. The molecule has 0 spiro atoms. The van der Waals surface area contributed by atoms with Crippen molar-refractivity contribution in [3.8, 4) is 0 Å². The van der Waals surface area contributed by atoms with Crippen LogP contribution in [0.2, 0.25) is 0 Å². The fourth-order valence-electron chi connectivity index (χ4n) is 4.48. The van der Waals surface area contributed by atoms with E-state index >= 15 is 0 Å². The van der Waals surface area contributed by atoms with Gasteiger partial charge in [-0.1, -0.05) is 48.5 Å². The fourth-order valence-corrected chi connectivity index (χ4v) is 4.48. The molecular weight excluding hydrogens is 341 g/mol. The summed E-state index contributed by atoms with van der Waals surface area (Å²) in [5, 5.41) is 0. The largest absolute Gasteiger partial charge is 0.378 e. The molecule has 2 unspecified atom stereocenters. The standard InChI is InChI=1S/C23H26FNO2/c1-16-6-5-9-18(23(16)24)12-22(26)19-10-20-14-27-15-21(11-19)25(20)13-17-7-3-2-4-8-17/h2-9,19-21H,10-15H2,1H3. The van der Waals surface area contributed by atoms with E-state index in [2.05, 4.69) is 29.2 Å². The number of hydrogen-bond acceptors (Lipinski definition) is 3. The highest BCUT2D eigenvalue weighted by molar-refractivity contribution is 5.83. The molecule has 2 aromatic carbocycles. The number of Topliss-reactive ketones (excluding diaryl/α,β-unsaturated/α-hetero) is 1. The van der Waals surface area contributed by atoms with Crippen molar-refractivity contribution < 1.29 is 13.9 Å². The summed E-state index contributed by atoms with van der Waals surface area (Å²) in [6.07, 6.45) is 1.79. The van der Waals surface area contributed by atoms with Crippen LogP contribution in [0.15, 0.2) is 48.5 Å². The van der Waals surface area contributed by atoms with Crippen molar-refractivity contribution in [2.24, 2.45) is 5.92 Å². The maximum atomic E-state index is 14.3. The highest BCUT2D eigenvalue weighted by Gasteiger charge is 2.41. The Kier molecular flexibility index (Phi) is 5.37. The molecule has 0 radical (unpaired) electrons. The molecule has 0 N–H and O–H groups in total. The number of aryl methyl sites for hydroxylation is 1. The maximum absolute atomic E-state index is 14.3. The summed E-state index contributed by atoms with van der Waals surface area (Å²) in [6, 6.07) is 16.3. The Labute approximate surface area is 160 Å². The molecule has 0 aromatic heterocycles. The van der Waals surface area contributed by atoms with Gasteiger partial charge in [-0.15, -0.1) is 0 Å².